The molecule has 2 heterocycles. The monoisotopic (exact) mass is 259 g/mol. The molecule has 1 aromatic carbocycles. The minimum atomic E-state index is -0.115. The van der Waals surface area contributed by atoms with E-state index in [1.807, 2.05) is 31.2 Å². The lowest BCUT2D eigenvalue weighted by molar-refractivity contribution is -0.0530. The highest BCUT2D eigenvalue weighted by Gasteiger charge is 2.15. The van der Waals surface area contributed by atoms with Gasteiger partial charge in [0.15, 0.2) is 6.29 Å². The molecule has 0 amide bonds. The standard InChI is InChI=1S/C15H17NO3/c1-11-5-6-12-13(16-11)3-2-4-14(12)17-8-7-15-18-9-10-19-15/h2-6,15H,7-10H2,1H3. The molecule has 1 aliphatic heterocycles. The van der Waals surface area contributed by atoms with Crippen molar-refractivity contribution in [3.05, 3.63) is 36.0 Å². The van der Waals surface area contributed by atoms with Gasteiger partial charge in [-0.2, -0.15) is 0 Å². The zero-order valence-electron chi connectivity index (χ0n) is 11.0. The van der Waals surface area contributed by atoms with Crippen molar-refractivity contribution >= 4 is 10.9 Å². The van der Waals surface area contributed by atoms with Crippen LogP contribution in [0.1, 0.15) is 12.1 Å². The van der Waals surface area contributed by atoms with Gasteiger partial charge < -0.3 is 14.2 Å². The highest BCUT2D eigenvalue weighted by Crippen LogP contribution is 2.24. The first-order valence-electron chi connectivity index (χ1n) is 6.55. The van der Waals surface area contributed by atoms with Crippen LogP contribution in [0, 0.1) is 6.92 Å². The summed E-state index contributed by atoms with van der Waals surface area (Å²) in [5.41, 5.74) is 1.98. The van der Waals surface area contributed by atoms with Crippen molar-refractivity contribution in [1.29, 1.82) is 0 Å². The summed E-state index contributed by atoms with van der Waals surface area (Å²) in [5.74, 6) is 0.864. The van der Waals surface area contributed by atoms with Crippen molar-refractivity contribution in [3.63, 3.8) is 0 Å². The van der Waals surface area contributed by atoms with Gasteiger partial charge >= 0.3 is 0 Å². The van der Waals surface area contributed by atoms with Crippen molar-refractivity contribution in [2.45, 2.75) is 19.6 Å². The normalized spacial score (nSPS) is 16.1. The average molecular weight is 259 g/mol. The Kier molecular flexibility index (Phi) is 3.62. The van der Waals surface area contributed by atoms with E-state index in [-0.39, 0.29) is 6.29 Å². The Hall–Kier alpha value is -1.65. The third-order valence-corrected chi connectivity index (χ3v) is 3.13. The summed E-state index contributed by atoms with van der Waals surface area (Å²) in [5, 5.41) is 1.04. The van der Waals surface area contributed by atoms with Crippen molar-refractivity contribution in [3.8, 4) is 5.75 Å². The Balaban J connectivity index is 1.70. The maximum Gasteiger partial charge on any atom is 0.161 e. The van der Waals surface area contributed by atoms with E-state index in [2.05, 4.69) is 11.1 Å². The number of rotatable bonds is 4. The predicted octanol–water partition coefficient (Wildman–Crippen LogP) is 2.69. The summed E-state index contributed by atoms with van der Waals surface area (Å²) in [6.45, 7) is 3.93. The number of fused-ring (bicyclic) bond motifs is 1. The lowest BCUT2D eigenvalue weighted by atomic mass is 10.2. The maximum atomic E-state index is 5.82. The van der Waals surface area contributed by atoms with E-state index in [0.29, 0.717) is 19.8 Å². The van der Waals surface area contributed by atoms with Gasteiger partial charge in [0.25, 0.3) is 0 Å². The molecule has 0 unspecified atom stereocenters. The van der Waals surface area contributed by atoms with Gasteiger partial charge in [-0.05, 0) is 31.2 Å². The minimum Gasteiger partial charge on any atom is -0.493 e. The number of aryl methyl sites for hydroxylation is 1. The Bertz CT molecular complexity index is 564. The van der Waals surface area contributed by atoms with Gasteiger partial charge in [-0.3, -0.25) is 4.98 Å². The van der Waals surface area contributed by atoms with Crippen LogP contribution in [0.15, 0.2) is 30.3 Å². The van der Waals surface area contributed by atoms with Crippen molar-refractivity contribution in [2.75, 3.05) is 19.8 Å². The van der Waals surface area contributed by atoms with Gasteiger partial charge in [0, 0.05) is 17.5 Å². The number of pyridine rings is 1. The zero-order valence-corrected chi connectivity index (χ0v) is 11.0. The molecule has 3 rings (SSSR count). The topological polar surface area (TPSA) is 40.6 Å². The van der Waals surface area contributed by atoms with E-state index in [4.69, 9.17) is 14.2 Å². The van der Waals surface area contributed by atoms with Crippen LogP contribution in [0.25, 0.3) is 10.9 Å². The van der Waals surface area contributed by atoms with Crippen LogP contribution in [-0.4, -0.2) is 31.1 Å². The molecule has 0 radical (unpaired) electrons. The molecule has 0 bridgehead atoms. The molecule has 1 aliphatic rings. The van der Waals surface area contributed by atoms with E-state index in [9.17, 15) is 0 Å². The Morgan fingerprint density at radius 2 is 2.05 bits per heavy atom. The smallest absolute Gasteiger partial charge is 0.161 e. The summed E-state index contributed by atoms with van der Waals surface area (Å²) >= 11 is 0. The van der Waals surface area contributed by atoms with Crippen molar-refractivity contribution in [1.82, 2.24) is 4.98 Å². The highest BCUT2D eigenvalue weighted by molar-refractivity contribution is 5.85. The van der Waals surface area contributed by atoms with Crippen LogP contribution in [0.3, 0.4) is 0 Å². The summed E-state index contributed by atoms with van der Waals surface area (Å²) in [7, 11) is 0. The first kappa shape index (κ1) is 12.4. The molecular formula is C15H17NO3. The van der Waals surface area contributed by atoms with Gasteiger partial charge in [0.2, 0.25) is 0 Å². The van der Waals surface area contributed by atoms with Crippen molar-refractivity contribution < 1.29 is 14.2 Å². The third kappa shape index (κ3) is 2.85. The largest absolute Gasteiger partial charge is 0.493 e. The van der Waals surface area contributed by atoms with Crippen LogP contribution < -0.4 is 4.74 Å². The quantitative estimate of drug-likeness (QED) is 0.846. The second-order valence-electron chi connectivity index (χ2n) is 4.58. The fourth-order valence-corrected chi connectivity index (χ4v) is 2.19. The minimum absolute atomic E-state index is 0.115. The zero-order chi connectivity index (χ0) is 13.1. The van der Waals surface area contributed by atoms with Gasteiger partial charge in [-0.15, -0.1) is 0 Å². The first-order chi connectivity index (χ1) is 9.33. The molecule has 0 spiro atoms. The van der Waals surface area contributed by atoms with Gasteiger partial charge in [-0.25, -0.2) is 0 Å². The van der Waals surface area contributed by atoms with Crippen LogP contribution in [0.2, 0.25) is 0 Å². The second-order valence-corrected chi connectivity index (χ2v) is 4.58. The molecule has 4 heteroatoms. The molecule has 0 atom stereocenters. The number of hydrogen-bond donors (Lipinski definition) is 0. The van der Waals surface area contributed by atoms with E-state index < -0.39 is 0 Å². The number of hydrogen-bond acceptors (Lipinski definition) is 4. The second kappa shape index (κ2) is 5.55. The van der Waals surface area contributed by atoms with Crippen LogP contribution in [0.5, 0.6) is 5.75 Å². The van der Waals surface area contributed by atoms with E-state index >= 15 is 0 Å². The lowest BCUT2D eigenvalue weighted by Gasteiger charge is -2.12. The van der Waals surface area contributed by atoms with Crippen molar-refractivity contribution in [2.24, 2.45) is 0 Å². The van der Waals surface area contributed by atoms with Crippen LogP contribution in [0.4, 0.5) is 0 Å². The van der Waals surface area contributed by atoms with Crippen LogP contribution in [-0.2, 0) is 9.47 Å². The molecular weight excluding hydrogens is 242 g/mol. The van der Waals surface area contributed by atoms with E-state index in [1.165, 1.54) is 0 Å². The summed E-state index contributed by atoms with van der Waals surface area (Å²) < 4.78 is 16.6. The van der Waals surface area contributed by atoms with Gasteiger partial charge in [0.1, 0.15) is 5.75 Å². The lowest BCUT2D eigenvalue weighted by Crippen LogP contribution is -2.12. The van der Waals surface area contributed by atoms with E-state index in [0.717, 1.165) is 28.8 Å². The Morgan fingerprint density at radius 3 is 2.89 bits per heavy atom. The SMILES string of the molecule is Cc1ccc2c(OCCC3OCCO3)cccc2n1. The fraction of sp³-hybridized carbons (Fsp3) is 0.400. The number of ether oxygens (including phenoxy) is 3. The molecule has 0 N–H and O–H groups in total. The molecule has 100 valence electrons. The van der Waals surface area contributed by atoms with Gasteiger partial charge in [-0.1, -0.05) is 6.07 Å². The third-order valence-electron chi connectivity index (χ3n) is 3.13. The maximum absolute atomic E-state index is 5.82. The average Bonchev–Trinajstić information content (AvgIpc) is 2.92. The molecule has 0 aliphatic carbocycles. The number of benzene rings is 1. The number of nitrogens with zero attached hydrogens (tertiary/aromatic N) is 1. The fourth-order valence-electron chi connectivity index (χ4n) is 2.19. The molecule has 1 saturated heterocycles. The Labute approximate surface area is 112 Å². The Morgan fingerprint density at radius 1 is 1.21 bits per heavy atom. The van der Waals surface area contributed by atoms with Crippen LogP contribution >= 0.6 is 0 Å². The number of aromatic nitrogens is 1. The van der Waals surface area contributed by atoms with Gasteiger partial charge in [0.05, 0.1) is 25.3 Å². The molecule has 1 fully saturated rings. The molecule has 0 saturated carbocycles. The summed E-state index contributed by atoms with van der Waals surface area (Å²) in [4.78, 5) is 4.49. The van der Waals surface area contributed by atoms with E-state index in [1.54, 1.807) is 0 Å². The molecule has 1 aromatic heterocycles. The summed E-state index contributed by atoms with van der Waals surface area (Å²) in [6.07, 6.45) is 0.630. The highest BCUT2D eigenvalue weighted by atomic mass is 16.7. The molecule has 19 heavy (non-hydrogen) atoms. The summed E-state index contributed by atoms with van der Waals surface area (Å²) in [6, 6.07) is 9.98. The molecule has 4 nitrogen and oxygen atoms in total. The predicted molar refractivity (Wildman–Crippen MR) is 72.3 cm³/mol. The molecule has 2 aromatic rings. The first-order valence-corrected chi connectivity index (χ1v) is 6.55.